The van der Waals surface area contributed by atoms with Crippen LogP contribution < -0.4 is 5.73 Å². The van der Waals surface area contributed by atoms with Gasteiger partial charge >= 0.3 is 0 Å². The normalized spacial score (nSPS) is 22.8. The quantitative estimate of drug-likeness (QED) is 0.373. The molecule has 0 radical (unpaired) electrons. The van der Waals surface area contributed by atoms with E-state index >= 15 is 0 Å². The van der Waals surface area contributed by atoms with E-state index in [9.17, 15) is 4.79 Å². The van der Waals surface area contributed by atoms with Crippen LogP contribution in [0.15, 0.2) is 42.0 Å². The van der Waals surface area contributed by atoms with Crippen LogP contribution in [-0.4, -0.2) is 32.3 Å². The molecular weight excluding hydrogens is 410 g/mol. The number of carbonyl (C=O) groups excluding carboxylic acids is 2. The zero-order chi connectivity index (χ0) is 25.5. The van der Waals surface area contributed by atoms with Crippen LogP contribution in [0.25, 0.3) is 0 Å². The molecule has 2 N–H and O–H groups in total. The molecule has 0 saturated carbocycles. The number of hydrogen-bond acceptors (Lipinski definition) is 4. The smallest absolute Gasteiger partial charge is 0.133 e. The monoisotopic (exact) mass is 461 g/mol. The van der Waals surface area contributed by atoms with Crippen molar-refractivity contribution in [3.63, 3.8) is 0 Å². The predicted octanol–water partition coefficient (Wildman–Crippen LogP) is 6.81. The first-order valence-electron chi connectivity index (χ1n) is 12.7. The van der Waals surface area contributed by atoms with Crippen molar-refractivity contribution < 1.29 is 14.3 Å². The summed E-state index contributed by atoms with van der Waals surface area (Å²) in [5.74, 6) is 1.16. The fraction of sp³-hybridized carbons (Fsp3) is 0.655. The van der Waals surface area contributed by atoms with Crippen molar-refractivity contribution in [1.82, 2.24) is 0 Å². The highest BCUT2D eigenvalue weighted by Crippen LogP contribution is 2.30. The molecule has 0 spiro atoms. The number of carbonyl (C=O) groups is 2. The predicted molar refractivity (Wildman–Crippen MR) is 142 cm³/mol. The molecule has 2 rings (SSSR count). The van der Waals surface area contributed by atoms with E-state index in [2.05, 4.69) is 62.9 Å². The third-order valence-corrected chi connectivity index (χ3v) is 5.93. The summed E-state index contributed by atoms with van der Waals surface area (Å²) >= 11 is 0. The molecule has 0 aliphatic heterocycles. The Morgan fingerprint density at radius 1 is 1.15 bits per heavy atom. The van der Waals surface area contributed by atoms with Crippen LogP contribution in [0.2, 0.25) is 0 Å². The van der Waals surface area contributed by atoms with Gasteiger partial charge in [0, 0.05) is 19.6 Å². The molecular formula is C29H51NO3. The lowest BCUT2D eigenvalue weighted by Gasteiger charge is -2.29. The van der Waals surface area contributed by atoms with Crippen molar-refractivity contribution in [2.24, 2.45) is 23.5 Å². The summed E-state index contributed by atoms with van der Waals surface area (Å²) in [5, 5.41) is 0. The van der Waals surface area contributed by atoms with Gasteiger partial charge in [0.1, 0.15) is 12.6 Å². The molecule has 0 heterocycles. The Balaban J connectivity index is 0. The van der Waals surface area contributed by atoms with E-state index in [1.165, 1.54) is 30.4 Å². The van der Waals surface area contributed by atoms with Gasteiger partial charge in [-0.1, -0.05) is 83.0 Å². The molecule has 1 aliphatic carbocycles. The van der Waals surface area contributed by atoms with Gasteiger partial charge in [-0.2, -0.15) is 0 Å². The molecule has 3 unspecified atom stereocenters. The molecule has 33 heavy (non-hydrogen) atoms. The van der Waals surface area contributed by atoms with Crippen LogP contribution in [0.1, 0.15) is 85.6 Å². The molecule has 1 aromatic rings. The van der Waals surface area contributed by atoms with E-state index in [0.29, 0.717) is 24.2 Å². The minimum absolute atomic E-state index is 0.139. The number of aldehydes is 2. The van der Waals surface area contributed by atoms with Crippen molar-refractivity contribution in [1.29, 1.82) is 0 Å². The van der Waals surface area contributed by atoms with E-state index < -0.39 is 0 Å². The molecule has 4 heteroatoms. The number of hydrogen-bond donors (Lipinski definition) is 1. The van der Waals surface area contributed by atoms with Crippen LogP contribution >= 0.6 is 0 Å². The van der Waals surface area contributed by atoms with E-state index in [-0.39, 0.29) is 12.5 Å². The number of allylic oxidation sites excluding steroid dienone is 2. The zero-order valence-electron chi connectivity index (χ0n) is 22.4. The van der Waals surface area contributed by atoms with E-state index in [1.54, 1.807) is 7.11 Å². The summed E-state index contributed by atoms with van der Waals surface area (Å²) in [6.45, 7) is 12.9. The zero-order valence-corrected chi connectivity index (χ0v) is 22.4. The first kappa shape index (κ1) is 33.4. The van der Waals surface area contributed by atoms with Gasteiger partial charge in [0.05, 0.1) is 6.10 Å². The number of rotatable bonds is 6. The standard InChI is InChI=1S/C16H28O2.C9H12.C2H5NO.C2H6/c1-12-6-5-7-13(2)16(18-4)10-15(9-8-12)14(3)11-17;1-2-6-9-7-4-3-5-8-9;3-1-2-4;1-2/h6,11,13-16H,5,7-10H2,1-4H3;3-5,7-8H,2,6H2,1H3;2H,1,3H2;1-2H3/b12-6+;;;/t13?,14-,15?,16?;;;/m1.../s1. The highest BCUT2D eigenvalue weighted by Gasteiger charge is 2.25. The van der Waals surface area contributed by atoms with Crippen molar-refractivity contribution in [3.05, 3.63) is 47.5 Å². The van der Waals surface area contributed by atoms with E-state index in [4.69, 9.17) is 9.53 Å². The topological polar surface area (TPSA) is 69.4 Å². The maximum absolute atomic E-state index is 11.1. The first-order valence-corrected chi connectivity index (χ1v) is 12.7. The lowest BCUT2D eigenvalue weighted by Crippen LogP contribution is -2.27. The third kappa shape index (κ3) is 17.4. The highest BCUT2D eigenvalue weighted by molar-refractivity contribution is 5.53. The lowest BCUT2D eigenvalue weighted by molar-refractivity contribution is -0.112. The first-order chi connectivity index (χ1) is 15.9. The molecule has 190 valence electrons. The summed E-state index contributed by atoms with van der Waals surface area (Å²) in [4.78, 5) is 20.1. The number of benzene rings is 1. The Hall–Kier alpha value is -1.78. The summed E-state index contributed by atoms with van der Waals surface area (Å²) < 4.78 is 5.65. The molecule has 0 aromatic heterocycles. The maximum Gasteiger partial charge on any atom is 0.133 e. The summed E-state index contributed by atoms with van der Waals surface area (Å²) in [6.07, 6.45) is 12.4. The minimum Gasteiger partial charge on any atom is -0.381 e. The fourth-order valence-corrected chi connectivity index (χ4v) is 3.79. The number of aryl methyl sites for hydroxylation is 1. The Bertz CT molecular complexity index is 600. The molecule has 1 aliphatic rings. The molecule has 0 bridgehead atoms. The largest absolute Gasteiger partial charge is 0.381 e. The Labute approximate surface area is 204 Å². The molecule has 1 aromatic carbocycles. The van der Waals surface area contributed by atoms with Gasteiger partial charge in [0.2, 0.25) is 0 Å². The maximum atomic E-state index is 11.1. The van der Waals surface area contributed by atoms with Crippen molar-refractivity contribution >= 4 is 12.6 Å². The summed E-state index contributed by atoms with van der Waals surface area (Å²) in [7, 11) is 1.80. The van der Waals surface area contributed by atoms with Gasteiger partial charge in [0.25, 0.3) is 0 Å². The molecule has 0 saturated heterocycles. The van der Waals surface area contributed by atoms with Gasteiger partial charge in [0.15, 0.2) is 0 Å². The van der Waals surface area contributed by atoms with Gasteiger partial charge in [-0.05, 0) is 62.8 Å². The van der Waals surface area contributed by atoms with Crippen molar-refractivity contribution in [2.45, 2.75) is 92.6 Å². The van der Waals surface area contributed by atoms with Crippen LogP contribution in [0, 0.1) is 17.8 Å². The Morgan fingerprint density at radius 2 is 1.76 bits per heavy atom. The molecule has 4 nitrogen and oxygen atoms in total. The second-order valence-corrected chi connectivity index (χ2v) is 8.55. The average molecular weight is 462 g/mol. The van der Waals surface area contributed by atoms with E-state index in [1.807, 2.05) is 20.8 Å². The van der Waals surface area contributed by atoms with Crippen LogP contribution in [0.3, 0.4) is 0 Å². The highest BCUT2D eigenvalue weighted by atomic mass is 16.5. The summed E-state index contributed by atoms with van der Waals surface area (Å²) in [5.41, 5.74) is 7.58. The number of methoxy groups -OCH3 is 1. The van der Waals surface area contributed by atoms with Crippen LogP contribution in [0.5, 0.6) is 0 Å². The second-order valence-electron chi connectivity index (χ2n) is 8.55. The summed E-state index contributed by atoms with van der Waals surface area (Å²) in [6, 6.07) is 10.6. The second kappa shape index (κ2) is 23.4. The van der Waals surface area contributed by atoms with E-state index in [0.717, 1.165) is 32.0 Å². The fourth-order valence-electron chi connectivity index (χ4n) is 3.79. The molecule has 0 amide bonds. The Kier molecular flexibility index (Phi) is 23.7. The molecule has 4 atom stereocenters. The van der Waals surface area contributed by atoms with Gasteiger partial charge in [-0.25, -0.2) is 0 Å². The Morgan fingerprint density at radius 3 is 2.24 bits per heavy atom. The lowest BCUT2D eigenvalue weighted by atomic mass is 9.80. The van der Waals surface area contributed by atoms with Crippen LogP contribution in [-0.2, 0) is 20.7 Å². The number of ether oxygens (including phenoxy) is 1. The van der Waals surface area contributed by atoms with Gasteiger partial charge < -0.3 is 20.1 Å². The van der Waals surface area contributed by atoms with Gasteiger partial charge in [-0.15, -0.1) is 0 Å². The minimum atomic E-state index is 0.139. The SMILES string of the molecule is CC.CCCc1ccccc1.COC1CC([C@H](C)C=O)CC/C(C)=C/CCC1C.NCC=O. The van der Waals surface area contributed by atoms with Crippen molar-refractivity contribution in [3.8, 4) is 0 Å². The van der Waals surface area contributed by atoms with Gasteiger partial charge in [-0.3, -0.25) is 0 Å². The van der Waals surface area contributed by atoms with Crippen LogP contribution in [0.4, 0.5) is 0 Å². The van der Waals surface area contributed by atoms with Crippen molar-refractivity contribution in [2.75, 3.05) is 13.7 Å². The molecule has 0 fully saturated rings. The number of nitrogens with two attached hydrogens (primary N) is 1. The third-order valence-electron chi connectivity index (χ3n) is 5.93. The average Bonchev–Trinajstić information content (AvgIpc) is 2.86.